The van der Waals surface area contributed by atoms with Crippen LogP contribution in [-0.4, -0.2) is 16.7 Å². The van der Waals surface area contributed by atoms with E-state index in [1.54, 1.807) is 0 Å². The van der Waals surface area contributed by atoms with E-state index in [0.717, 1.165) is 16.7 Å². The molecule has 0 bridgehead atoms. The minimum absolute atomic E-state index is 0.158. The van der Waals surface area contributed by atoms with Crippen molar-refractivity contribution in [3.63, 3.8) is 0 Å². The molecule has 1 aromatic heterocycles. The monoisotopic (exact) mass is 369 g/mol. The number of rotatable bonds is 5. The molecule has 5 nitrogen and oxygen atoms in total. The molecular formula is C23H19N3O2. The Morgan fingerprint density at radius 2 is 1.71 bits per heavy atom. The first-order valence-electron chi connectivity index (χ1n) is 8.85. The summed E-state index contributed by atoms with van der Waals surface area (Å²) >= 11 is 0. The van der Waals surface area contributed by atoms with Crippen molar-refractivity contribution in [2.75, 3.05) is 5.32 Å². The number of ketones is 1. The van der Waals surface area contributed by atoms with Crippen molar-refractivity contribution in [3.8, 4) is 28.5 Å². The second-order valence-electron chi connectivity index (χ2n) is 6.55. The molecule has 28 heavy (non-hydrogen) atoms. The number of hydrogen-bond donors (Lipinski definition) is 1. The van der Waals surface area contributed by atoms with Gasteiger partial charge in [0.25, 0.3) is 0 Å². The smallest absolute Gasteiger partial charge is 0.232 e. The van der Waals surface area contributed by atoms with E-state index in [0.29, 0.717) is 11.3 Å². The Labute approximate surface area is 163 Å². The summed E-state index contributed by atoms with van der Waals surface area (Å²) in [5, 5.41) is 12.4. The Morgan fingerprint density at radius 3 is 2.32 bits per heavy atom. The molecule has 1 heterocycles. The van der Waals surface area contributed by atoms with E-state index < -0.39 is 5.91 Å². The molecule has 0 radical (unpaired) electrons. The van der Waals surface area contributed by atoms with Gasteiger partial charge >= 0.3 is 0 Å². The fraction of sp³-hybridized carbons (Fsp3) is 0.130. The normalized spacial score (nSPS) is 10.2. The third kappa shape index (κ3) is 4.30. The van der Waals surface area contributed by atoms with E-state index in [1.165, 1.54) is 6.92 Å². The first kappa shape index (κ1) is 19.0. The molecule has 138 valence electrons. The third-order valence-electron chi connectivity index (χ3n) is 4.23. The van der Waals surface area contributed by atoms with Crippen molar-refractivity contribution in [1.82, 2.24) is 4.98 Å². The highest BCUT2D eigenvalue weighted by Crippen LogP contribution is 2.32. The van der Waals surface area contributed by atoms with Crippen molar-refractivity contribution in [2.45, 2.75) is 20.3 Å². The highest BCUT2D eigenvalue weighted by molar-refractivity contribution is 6.04. The van der Waals surface area contributed by atoms with Gasteiger partial charge < -0.3 is 5.32 Å². The second kappa shape index (κ2) is 8.28. The molecule has 1 N–H and O–H groups in total. The number of aryl methyl sites for hydroxylation is 1. The van der Waals surface area contributed by atoms with Crippen LogP contribution in [0.4, 0.5) is 5.82 Å². The van der Waals surface area contributed by atoms with Crippen LogP contribution in [0.2, 0.25) is 0 Å². The number of benzene rings is 2. The predicted molar refractivity (Wildman–Crippen MR) is 108 cm³/mol. The lowest BCUT2D eigenvalue weighted by Gasteiger charge is -2.13. The lowest BCUT2D eigenvalue weighted by molar-refractivity contribution is -0.124. The maximum absolute atomic E-state index is 12.1. The van der Waals surface area contributed by atoms with E-state index in [1.807, 2.05) is 67.6 Å². The minimum atomic E-state index is -0.489. The number of carbonyl (C=O) groups is 2. The van der Waals surface area contributed by atoms with Gasteiger partial charge in [-0.3, -0.25) is 9.59 Å². The van der Waals surface area contributed by atoms with Crippen LogP contribution >= 0.6 is 0 Å². The van der Waals surface area contributed by atoms with Crippen molar-refractivity contribution in [2.24, 2.45) is 0 Å². The van der Waals surface area contributed by atoms with E-state index in [-0.39, 0.29) is 23.6 Å². The molecule has 0 aliphatic carbocycles. The Morgan fingerprint density at radius 1 is 1.04 bits per heavy atom. The van der Waals surface area contributed by atoms with Gasteiger partial charge in [0.1, 0.15) is 17.4 Å². The zero-order valence-electron chi connectivity index (χ0n) is 15.7. The lowest BCUT2D eigenvalue weighted by atomic mass is 9.98. The van der Waals surface area contributed by atoms with Gasteiger partial charge in [-0.05, 0) is 25.5 Å². The summed E-state index contributed by atoms with van der Waals surface area (Å²) in [6, 6.07) is 21.3. The van der Waals surface area contributed by atoms with Gasteiger partial charge in [-0.25, -0.2) is 4.98 Å². The maximum Gasteiger partial charge on any atom is 0.232 e. The molecule has 0 saturated heterocycles. The first-order valence-corrected chi connectivity index (χ1v) is 8.85. The van der Waals surface area contributed by atoms with Crippen LogP contribution in [0, 0.1) is 18.3 Å². The first-order chi connectivity index (χ1) is 13.5. The van der Waals surface area contributed by atoms with Gasteiger partial charge in [-0.1, -0.05) is 60.2 Å². The van der Waals surface area contributed by atoms with Gasteiger partial charge in [0.15, 0.2) is 5.82 Å². The van der Waals surface area contributed by atoms with Gasteiger partial charge in [-0.15, -0.1) is 0 Å². The summed E-state index contributed by atoms with van der Waals surface area (Å²) < 4.78 is 0. The summed E-state index contributed by atoms with van der Waals surface area (Å²) in [4.78, 5) is 27.9. The Kier molecular flexibility index (Phi) is 5.61. The Bertz CT molecular complexity index is 1070. The molecule has 0 spiro atoms. The maximum atomic E-state index is 12.1. The van der Waals surface area contributed by atoms with Crippen LogP contribution in [0.5, 0.6) is 0 Å². The molecule has 0 atom stereocenters. The molecule has 0 aliphatic rings. The molecule has 2 aromatic carbocycles. The SMILES string of the molecule is CC(=O)CC(=O)Nc1nc(-c2ccc(C)cc2)cc(-c2ccccc2)c1C#N. The number of nitriles is 1. The summed E-state index contributed by atoms with van der Waals surface area (Å²) in [6.07, 6.45) is -0.262. The number of anilines is 1. The zero-order valence-corrected chi connectivity index (χ0v) is 15.7. The van der Waals surface area contributed by atoms with Crippen molar-refractivity contribution in [3.05, 3.63) is 71.8 Å². The number of amides is 1. The fourth-order valence-corrected chi connectivity index (χ4v) is 2.87. The fourth-order valence-electron chi connectivity index (χ4n) is 2.87. The Hall–Kier alpha value is -3.78. The summed E-state index contributed by atoms with van der Waals surface area (Å²) in [5.74, 6) is -0.587. The number of nitrogens with one attached hydrogen (secondary N) is 1. The molecule has 0 aliphatic heterocycles. The standard InChI is InChI=1S/C23H19N3O2/c1-15-8-10-18(11-9-15)21-13-19(17-6-4-3-5-7-17)20(14-24)23(25-21)26-22(28)12-16(2)27/h3-11,13H,12H2,1-2H3,(H,25,26,28). The molecule has 1 amide bonds. The summed E-state index contributed by atoms with van der Waals surface area (Å²) in [6.45, 7) is 3.34. The van der Waals surface area contributed by atoms with Crippen LogP contribution in [0.1, 0.15) is 24.5 Å². The zero-order chi connectivity index (χ0) is 20.1. The molecule has 3 aromatic rings. The van der Waals surface area contributed by atoms with Crippen LogP contribution in [0.15, 0.2) is 60.7 Å². The molecule has 0 unspecified atom stereocenters. The molecule has 0 saturated carbocycles. The van der Waals surface area contributed by atoms with Gasteiger partial charge in [0.2, 0.25) is 5.91 Å². The average molecular weight is 369 g/mol. The molecule has 3 rings (SSSR count). The van der Waals surface area contributed by atoms with Crippen molar-refractivity contribution < 1.29 is 9.59 Å². The van der Waals surface area contributed by atoms with Crippen molar-refractivity contribution in [1.29, 1.82) is 5.26 Å². The lowest BCUT2D eigenvalue weighted by Crippen LogP contribution is -2.17. The molecular weight excluding hydrogens is 350 g/mol. The highest BCUT2D eigenvalue weighted by Gasteiger charge is 2.17. The minimum Gasteiger partial charge on any atom is -0.309 e. The molecule has 5 heteroatoms. The third-order valence-corrected chi connectivity index (χ3v) is 4.23. The quantitative estimate of drug-likeness (QED) is 0.671. The topological polar surface area (TPSA) is 82.8 Å². The van der Waals surface area contributed by atoms with E-state index in [2.05, 4.69) is 16.4 Å². The number of Topliss-reactive ketones (excluding diaryl/α,β-unsaturated/α-hetero) is 1. The number of hydrogen-bond acceptors (Lipinski definition) is 4. The number of nitrogens with zero attached hydrogens (tertiary/aromatic N) is 2. The van der Waals surface area contributed by atoms with Gasteiger partial charge in [-0.2, -0.15) is 5.26 Å². The van der Waals surface area contributed by atoms with Gasteiger partial charge in [0.05, 0.1) is 12.1 Å². The summed E-state index contributed by atoms with van der Waals surface area (Å²) in [5.41, 5.74) is 4.41. The van der Waals surface area contributed by atoms with Crippen LogP contribution < -0.4 is 5.32 Å². The van der Waals surface area contributed by atoms with E-state index in [4.69, 9.17) is 0 Å². The largest absolute Gasteiger partial charge is 0.309 e. The number of pyridine rings is 1. The highest BCUT2D eigenvalue weighted by atomic mass is 16.2. The van der Waals surface area contributed by atoms with E-state index in [9.17, 15) is 14.9 Å². The van der Waals surface area contributed by atoms with Crippen LogP contribution in [-0.2, 0) is 9.59 Å². The Balaban J connectivity index is 2.17. The molecule has 0 fully saturated rings. The second-order valence-corrected chi connectivity index (χ2v) is 6.55. The average Bonchev–Trinajstić information content (AvgIpc) is 2.68. The number of aromatic nitrogens is 1. The predicted octanol–water partition coefficient (Wildman–Crippen LogP) is 4.51. The van der Waals surface area contributed by atoms with Crippen LogP contribution in [0.25, 0.3) is 22.4 Å². The number of carbonyl (C=O) groups excluding carboxylic acids is 2. The van der Waals surface area contributed by atoms with E-state index >= 15 is 0 Å². The van der Waals surface area contributed by atoms with Crippen molar-refractivity contribution >= 4 is 17.5 Å². The van der Waals surface area contributed by atoms with Crippen LogP contribution in [0.3, 0.4) is 0 Å². The van der Waals surface area contributed by atoms with Gasteiger partial charge in [0, 0.05) is 11.1 Å². The summed E-state index contributed by atoms with van der Waals surface area (Å²) in [7, 11) is 0.